The number of esters is 1. The van der Waals surface area contributed by atoms with Crippen LogP contribution in [0.15, 0.2) is 88.9 Å². The zero-order valence-electron chi connectivity index (χ0n) is 26.5. The van der Waals surface area contributed by atoms with Gasteiger partial charge in [0, 0.05) is 42.7 Å². The van der Waals surface area contributed by atoms with Crippen LogP contribution in [0.5, 0.6) is 0 Å². The van der Waals surface area contributed by atoms with Gasteiger partial charge in [0.2, 0.25) is 5.91 Å². The first-order valence-electron chi connectivity index (χ1n) is 15.9. The molecule has 0 bridgehead atoms. The molecule has 0 radical (unpaired) electrons. The molecule has 250 valence electrons. The summed E-state index contributed by atoms with van der Waals surface area (Å²) in [7, 11) is 0. The minimum Gasteiger partial charge on any atom is -0.463 e. The molecule has 2 aliphatic heterocycles. The van der Waals surface area contributed by atoms with E-state index in [2.05, 4.69) is 4.98 Å². The van der Waals surface area contributed by atoms with Crippen LogP contribution in [0.3, 0.4) is 0 Å². The van der Waals surface area contributed by atoms with Crippen LogP contribution in [0.25, 0.3) is 11.0 Å². The van der Waals surface area contributed by atoms with E-state index in [1.54, 1.807) is 47.6 Å². The van der Waals surface area contributed by atoms with E-state index in [4.69, 9.17) is 4.74 Å². The third-order valence-corrected chi connectivity index (χ3v) is 9.21. The van der Waals surface area contributed by atoms with Gasteiger partial charge in [0.15, 0.2) is 0 Å². The fourth-order valence-corrected chi connectivity index (χ4v) is 6.80. The lowest BCUT2D eigenvalue weighted by atomic mass is 9.83. The van der Waals surface area contributed by atoms with Crippen molar-refractivity contribution in [2.24, 2.45) is 0 Å². The van der Waals surface area contributed by atoms with Crippen molar-refractivity contribution in [3.05, 3.63) is 117 Å². The number of carbonyl (C=O) groups is 3. The van der Waals surface area contributed by atoms with E-state index in [1.165, 1.54) is 17.0 Å². The Labute approximate surface area is 274 Å². The van der Waals surface area contributed by atoms with E-state index in [1.807, 2.05) is 24.3 Å². The summed E-state index contributed by atoms with van der Waals surface area (Å²) < 4.78 is 46.6. The Hall–Kier alpha value is -5.13. The molecule has 0 saturated carbocycles. The highest BCUT2D eigenvalue weighted by atomic mass is 19.4. The third kappa shape index (κ3) is 6.39. The van der Waals surface area contributed by atoms with Gasteiger partial charge < -0.3 is 19.5 Å². The van der Waals surface area contributed by atoms with Gasteiger partial charge in [-0.1, -0.05) is 36.4 Å². The van der Waals surface area contributed by atoms with Crippen LogP contribution in [0, 0.1) is 0 Å². The van der Waals surface area contributed by atoms with Crippen LogP contribution in [-0.2, 0) is 27.0 Å². The number of aromatic amines is 1. The lowest BCUT2D eigenvalue weighted by Crippen LogP contribution is -2.40. The first-order chi connectivity index (χ1) is 23.0. The topological polar surface area (TPSA) is 105 Å². The molecule has 0 spiro atoms. The fraction of sp³-hybridized carbons (Fsp3) is 0.333. The van der Waals surface area contributed by atoms with Gasteiger partial charge in [0.25, 0.3) is 5.91 Å². The van der Waals surface area contributed by atoms with Gasteiger partial charge in [-0.25, -0.2) is 9.59 Å². The number of fused-ring (bicyclic) bond motifs is 1. The molecule has 1 aromatic heterocycles. The summed E-state index contributed by atoms with van der Waals surface area (Å²) in [5, 5.41) is 0. The number of ether oxygens (including phenoxy) is 1. The summed E-state index contributed by atoms with van der Waals surface area (Å²) in [5.74, 6) is -1.88. The monoisotopic (exact) mass is 660 g/mol. The van der Waals surface area contributed by atoms with Gasteiger partial charge in [0.1, 0.15) is 0 Å². The van der Waals surface area contributed by atoms with Crippen LogP contribution < -0.4 is 5.69 Å². The van der Waals surface area contributed by atoms with Crippen molar-refractivity contribution in [1.29, 1.82) is 0 Å². The predicted molar refractivity (Wildman–Crippen MR) is 172 cm³/mol. The molecule has 0 aliphatic carbocycles. The predicted octanol–water partition coefficient (Wildman–Crippen LogP) is 6.18. The number of H-pyrrole nitrogens is 1. The number of piperidine rings is 1. The summed E-state index contributed by atoms with van der Waals surface area (Å²) in [6.07, 6.45) is -3.41. The van der Waals surface area contributed by atoms with Crippen molar-refractivity contribution in [3.8, 4) is 0 Å². The molecule has 2 aliphatic rings. The standard InChI is InChI=1S/C36H35F3N4O5/c1-3-48-34(46)32-22(2)42(31(44)20-28(32)24-11-13-26(14-12-24)36(37,38)39)21-23-7-6-8-25(19-23)33(45)41-17-15-27(16-18-41)43-30-10-5-4-9-29(30)40-35(43)47/h4-14,19,27-28H,3,15-18,20-21H2,1-2H3,(H,40,47). The van der Waals surface area contributed by atoms with Gasteiger partial charge in [-0.15, -0.1) is 0 Å². The first kappa shape index (κ1) is 32.8. The fourth-order valence-electron chi connectivity index (χ4n) is 6.80. The Bertz CT molecular complexity index is 1950. The van der Waals surface area contributed by atoms with Gasteiger partial charge in [0.05, 0.1) is 35.3 Å². The normalized spacial score (nSPS) is 17.7. The highest BCUT2D eigenvalue weighted by molar-refractivity contribution is 5.96. The Morgan fingerprint density at radius 3 is 2.35 bits per heavy atom. The lowest BCUT2D eigenvalue weighted by Gasteiger charge is -2.35. The zero-order chi connectivity index (χ0) is 34.2. The summed E-state index contributed by atoms with van der Waals surface area (Å²) in [5.41, 5.74) is 2.72. The Kier molecular flexibility index (Phi) is 9.00. The molecule has 1 fully saturated rings. The number of amides is 2. The second-order valence-corrected chi connectivity index (χ2v) is 12.1. The number of nitrogens with zero attached hydrogens (tertiary/aromatic N) is 3. The van der Waals surface area contributed by atoms with Crippen molar-refractivity contribution in [1.82, 2.24) is 19.4 Å². The molecule has 1 saturated heterocycles. The molecular formula is C36H35F3N4O5. The van der Waals surface area contributed by atoms with Gasteiger partial charge in [-0.2, -0.15) is 13.2 Å². The number of imidazole rings is 1. The van der Waals surface area contributed by atoms with Crippen molar-refractivity contribution >= 4 is 28.8 Å². The summed E-state index contributed by atoms with van der Waals surface area (Å²) >= 11 is 0. The Balaban J connectivity index is 1.19. The number of carbonyl (C=O) groups excluding carboxylic acids is 3. The minimum absolute atomic E-state index is 0.0380. The van der Waals surface area contributed by atoms with Crippen molar-refractivity contribution in [3.63, 3.8) is 0 Å². The zero-order valence-corrected chi connectivity index (χ0v) is 26.5. The number of hydrogen-bond donors (Lipinski definition) is 1. The molecule has 12 heteroatoms. The summed E-state index contributed by atoms with van der Waals surface area (Å²) in [6, 6.07) is 18.9. The Morgan fingerprint density at radius 1 is 0.958 bits per heavy atom. The van der Waals surface area contributed by atoms with E-state index in [-0.39, 0.29) is 48.7 Å². The number of para-hydroxylation sites is 2. The molecule has 1 unspecified atom stereocenters. The van der Waals surface area contributed by atoms with Crippen molar-refractivity contribution in [2.75, 3.05) is 19.7 Å². The molecule has 48 heavy (non-hydrogen) atoms. The van der Waals surface area contributed by atoms with Gasteiger partial charge in [-0.05, 0) is 74.2 Å². The molecule has 4 aromatic rings. The average Bonchev–Trinajstić information content (AvgIpc) is 3.41. The number of likely N-dealkylation sites (tertiary alicyclic amines) is 1. The molecule has 2 amide bonds. The number of hydrogen-bond acceptors (Lipinski definition) is 5. The lowest BCUT2D eigenvalue weighted by molar-refractivity contribution is -0.140. The molecule has 9 nitrogen and oxygen atoms in total. The number of aromatic nitrogens is 2. The number of allylic oxidation sites excluding steroid dienone is 1. The van der Waals surface area contributed by atoms with Crippen molar-refractivity contribution in [2.45, 2.75) is 57.8 Å². The quantitative estimate of drug-likeness (QED) is 0.239. The number of benzene rings is 3. The number of nitrogens with one attached hydrogen (secondary N) is 1. The van der Waals surface area contributed by atoms with E-state index in [0.717, 1.165) is 23.2 Å². The number of halogens is 3. The van der Waals surface area contributed by atoms with Crippen LogP contribution in [0.4, 0.5) is 13.2 Å². The highest BCUT2D eigenvalue weighted by Gasteiger charge is 2.38. The van der Waals surface area contributed by atoms with Gasteiger partial charge in [-0.3, -0.25) is 14.2 Å². The summed E-state index contributed by atoms with van der Waals surface area (Å²) in [4.78, 5) is 59.0. The van der Waals surface area contributed by atoms with E-state index >= 15 is 0 Å². The molecular weight excluding hydrogens is 625 g/mol. The van der Waals surface area contributed by atoms with Crippen molar-refractivity contribution < 1.29 is 32.3 Å². The maximum absolute atomic E-state index is 13.6. The minimum atomic E-state index is -4.52. The van der Waals surface area contributed by atoms with Crippen LogP contribution >= 0.6 is 0 Å². The summed E-state index contributed by atoms with van der Waals surface area (Å²) in [6.45, 7) is 4.39. The second-order valence-electron chi connectivity index (χ2n) is 12.1. The number of alkyl halides is 3. The molecule has 3 aromatic carbocycles. The van der Waals surface area contributed by atoms with E-state index < -0.39 is 23.6 Å². The maximum Gasteiger partial charge on any atom is 0.416 e. The third-order valence-electron chi connectivity index (χ3n) is 9.21. The van der Waals surface area contributed by atoms with Crippen LogP contribution in [0.2, 0.25) is 0 Å². The second kappa shape index (κ2) is 13.2. The molecule has 1 atom stereocenters. The average molecular weight is 661 g/mol. The van der Waals surface area contributed by atoms with E-state index in [9.17, 15) is 32.3 Å². The maximum atomic E-state index is 13.6. The number of rotatable bonds is 7. The molecule has 1 N–H and O–H groups in total. The van der Waals surface area contributed by atoms with E-state index in [0.29, 0.717) is 48.3 Å². The van der Waals surface area contributed by atoms with Crippen LogP contribution in [-0.4, -0.2) is 56.8 Å². The largest absolute Gasteiger partial charge is 0.463 e. The highest BCUT2D eigenvalue weighted by Crippen LogP contribution is 2.39. The van der Waals surface area contributed by atoms with Gasteiger partial charge >= 0.3 is 17.8 Å². The smallest absolute Gasteiger partial charge is 0.416 e. The molecule has 3 heterocycles. The SMILES string of the molecule is CCOC(=O)C1=C(C)N(Cc2cccc(C(=O)N3CCC(n4c(=O)[nH]c5ccccc54)CC3)c2)C(=O)CC1c1ccc(C(F)(F)F)cc1. The molecule has 6 rings (SSSR count). The van der Waals surface area contributed by atoms with Crippen LogP contribution in [0.1, 0.15) is 72.1 Å². The Morgan fingerprint density at radius 2 is 1.67 bits per heavy atom. The first-order valence-corrected chi connectivity index (χ1v) is 15.9.